The normalized spacial score (nSPS) is 11.1. The van der Waals surface area contributed by atoms with Crippen molar-refractivity contribution in [2.45, 2.75) is 32.6 Å². The number of unbranched alkanes of at least 4 members (excludes halogenated alkanes) is 1. The highest BCUT2D eigenvalue weighted by atomic mass is 19.1. The molecule has 0 aliphatic rings. The number of hydrogen-bond acceptors (Lipinski definition) is 2. The molecular weight excluding hydrogens is 231 g/mol. The van der Waals surface area contributed by atoms with Crippen molar-refractivity contribution in [1.82, 2.24) is 0 Å². The number of aliphatic hydroxyl groups is 1. The van der Waals surface area contributed by atoms with E-state index in [1.165, 1.54) is 12.1 Å². The summed E-state index contributed by atoms with van der Waals surface area (Å²) in [5, 5.41) is 8.63. The van der Waals surface area contributed by atoms with Crippen molar-refractivity contribution in [2.24, 2.45) is 0 Å². The Kier molecular flexibility index (Phi) is 7.11. The van der Waals surface area contributed by atoms with Crippen LogP contribution in [0.25, 0.3) is 0 Å². The van der Waals surface area contributed by atoms with E-state index >= 15 is 0 Å². The second kappa shape index (κ2) is 8.70. The smallest absolute Gasteiger partial charge is 0.123 e. The molecule has 0 aromatic heterocycles. The summed E-state index contributed by atoms with van der Waals surface area (Å²) < 4.78 is 18.8. The maximum atomic E-state index is 13.2. The molecule has 2 nitrogen and oxygen atoms in total. The molecule has 1 N–H and O–H groups in total. The van der Waals surface area contributed by atoms with Gasteiger partial charge in [-0.25, -0.2) is 4.39 Å². The Hall–Kier alpha value is -1.35. The number of ether oxygens (including phenoxy) is 1. The van der Waals surface area contributed by atoms with Crippen LogP contribution in [-0.2, 0) is 6.42 Å². The fourth-order valence-electron chi connectivity index (χ4n) is 1.64. The third-order valence-electron chi connectivity index (χ3n) is 2.63. The first kappa shape index (κ1) is 14.7. The lowest BCUT2D eigenvalue weighted by atomic mass is 10.1. The Labute approximate surface area is 108 Å². The zero-order valence-corrected chi connectivity index (χ0v) is 10.9. The van der Waals surface area contributed by atoms with Crippen molar-refractivity contribution in [1.29, 1.82) is 0 Å². The Bertz CT molecular complexity index is 375. The van der Waals surface area contributed by atoms with Crippen LogP contribution in [-0.4, -0.2) is 18.3 Å². The minimum atomic E-state index is -0.237. The molecule has 0 unspecified atom stereocenters. The number of aryl methyl sites for hydroxylation is 1. The zero-order valence-electron chi connectivity index (χ0n) is 10.9. The maximum Gasteiger partial charge on any atom is 0.123 e. The van der Waals surface area contributed by atoms with E-state index in [1.54, 1.807) is 12.1 Å². The van der Waals surface area contributed by atoms with Crippen LogP contribution in [0.2, 0.25) is 0 Å². The van der Waals surface area contributed by atoms with E-state index < -0.39 is 0 Å². The minimum Gasteiger partial charge on any atom is -0.493 e. The molecule has 0 saturated heterocycles. The van der Waals surface area contributed by atoms with Crippen molar-refractivity contribution in [2.75, 3.05) is 13.2 Å². The van der Waals surface area contributed by atoms with E-state index in [0.29, 0.717) is 6.61 Å². The van der Waals surface area contributed by atoms with Crippen LogP contribution in [0.4, 0.5) is 4.39 Å². The van der Waals surface area contributed by atoms with Gasteiger partial charge in [0.15, 0.2) is 0 Å². The second-order valence-electron chi connectivity index (χ2n) is 4.15. The van der Waals surface area contributed by atoms with Crippen molar-refractivity contribution >= 4 is 0 Å². The topological polar surface area (TPSA) is 29.5 Å². The minimum absolute atomic E-state index is 0.0447. The third kappa shape index (κ3) is 5.32. The standard InChI is InChI=1S/C15H21FO2/c1-2-3-11-18-15-9-8-14(16)12-13(15)7-5-4-6-10-17/h4,6,8-9,12,17H,2-3,5,7,10-11H2,1H3/b6-4+. The van der Waals surface area contributed by atoms with Crippen molar-refractivity contribution < 1.29 is 14.2 Å². The van der Waals surface area contributed by atoms with Crippen LogP contribution < -0.4 is 4.74 Å². The second-order valence-corrected chi connectivity index (χ2v) is 4.15. The van der Waals surface area contributed by atoms with Gasteiger partial charge in [-0.2, -0.15) is 0 Å². The Morgan fingerprint density at radius 3 is 2.89 bits per heavy atom. The van der Waals surface area contributed by atoms with Crippen LogP contribution in [0.1, 0.15) is 31.7 Å². The quantitative estimate of drug-likeness (QED) is 0.567. The van der Waals surface area contributed by atoms with E-state index in [0.717, 1.165) is 37.0 Å². The van der Waals surface area contributed by atoms with Gasteiger partial charge in [0, 0.05) is 0 Å². The molecule has 0 bridgehead atoms. The Morgan fingerprint density at radius 1 is 1.33 bits per heavy atom. The van der Waals surface area contributed by atoms with Gasteiger partial charge >= 0.3 is 0 Å². The molecule has 18 heavy (non-hydrogen) atoms. The molecule has 0 heterocycles. The largest absolute Gasteiger partial charge is 0.493 e. The number of rotatable bonds is 8. The highest BCUT2D eigenvalue weighted by Crippen LogP contribution is 2.21. The molecule has 0 spiro atoms. The molecule has 0 aliphatic heterocycles. The molecule has 0 aliphatic carbocycles. The first-order chi connectivity index (χ1) is 8.77. The van der Waals surface area contributed by atoms with Gasteiger partial charge in [0.05, 0.1) is 13.2 Å². The SMILES string of the molecule is CCCCOc1ccc(F)cc1CC/C=C/CO. The molecule has 0 amide bonds. The third-order valence-corrected chi connectivity index (χ3v) is 2.63. The fourth-order valence-corrected chi connectivity index (χ4v) is 1.64. The molecule has 100 valence electrons. The number of benzene rings is 1. The number of halogens is 1. The van der Waals surface area contributed by atoms with Gasteiger partial charge in [-0.05, 0) is 43.0 Å². The molecule has 1 aromatic rings. The predicted molar refractivity (Wildman–Crippen MR) is 71.3 cm³/mol. The Morgan fingerprint density at radius 2 is 2.17 bits per heavy atom. The van der Waals surface area contributed by atoms with Crippen molar-refractivity contribution in [3.8, 4) is 5.75 Å². The average Bonchev–Trinajstić information content (AvgIpc) is 2.37. The first-order valence-corrected chi connectivity index (χ1v) is 6.45. The van der Waals surface area contributed by atoms with E-state index in [4.69, 9.17) is 9.84 Å². The highest BCUT2D eigenvalue weighted by molar-refractivity contribution is 5.34. The lowest BCUT2D eigenvalue weighted by molar-refractivity contribution is 0.305. The van der Waals surface area contributed by atoms with Gasteiger partial charge in [0.25, 0.3) is 0 Å². The average molecular weight is 252 g/mol. The van der Waals surface area contributed by atoms with E-state index in [2.05, 4.69) is 6.92 Å². The van der Waals surface area contributed by atoms with Gasteiger partial charge < -0.3 is 9.84 Å². The lowest BCUT2D eigenvalue weighted by Crippen LogP contribution is -2.00. The van der Waals surface area contributed by atoms with E-state index in [-0.39, 0.29) is 12.4 Å². The number of aliphatic hydroxyl groups excluding tert-OH is 1. The van der Waals surface area contributed by atoms with E-state index in [1.807, 2.05) is 6.08 Å². The predicted octanol–water partition coefficient (Wildman–Crippen LogP) is 3.49. The molecule has 0 radical (unpaired) electrons. The molecule has 1 aromatic carbocycles. The highest BCUT2D eigenvalue weighted by Gasteiger charge is 2.04. The van der Waals surface area contributed by atoms with Crippen LogP contribution in [0.5, 0.6) is 5.75 Å². The molecule has 3 heteroatoms. The van der Waals surface area contributed by atoms with Crippen LogP contribution in [0.3, 0.4) is 0 Å². The van der Waals surface area contributed by atoms with Gasteiger partial charge in [0.1, 0.15) is 11.6 Å². The summed E-state index contributed by atoms with van der Waals surface area (Å²) >= 11 is 0. The maximum absolute atomic E-state index is 13.2. The summed E-state index contributed by atoms with van der Waals surface area (Å²) in [7, 11) is 0. The van der Waals surface area contributed by atoms with Gasteiger partial charge in [0.2, 0.25) is 0 Å². The van der Waals surface area contributed by atoms with Gasteiger partial charge in [-0.15, -0.1) is 0 Å². The van der Waals surface area contributed by atoms with Crippen LogP contribution >= 0.6 is 0 Å². The zero-order chi connectivity index (χ0) is 13.2. The van der Waals surface area contributed by atoms with Crippen molar-refractivity contribution in [3.05, 3.63) is 41.7 Å². The Balaban J connectivity index is 2.61. The monoisotopic (exact) mass is 252 g/mol. The summed E-state index contributed by atoms with van der Waals surface area (Å²) in [6, 6.07) is 4.64. The van der Waals surface area contributed by atoms with Gasteiger partial charge in [-0.3, -0.25) is 0 Å². The summed E-state index contributed by atoms with van der Waals surface area (Å²) in [6.45, 7) is 2.82. The van der Waals surface area contributed by atoms with Gasteiger partial charge in [-0.1, -0.05) is 25.5 Å². The molecule has 1 rings (SSSR count). The molecule has 0 saturated carbocycles. The van der Waals surface area contributed by atoms with Crippen LogP contribution in [0, 0.1) is 5.82 Å². The summed E-state index contributed by atoms with van der Waals surface area (Å²) in [5.74, 6) is 0.529. The summed E-state index contributed by atoms with van der Waals surface area (Å²) in [4.78, 5) is 0. The molecule has 0 atom stereocenters. The number of allylic oxidation sites excluding steroid dienone is 1. The van der Waals surface area contributed by atoms with Crippen LogP contribution in [0.15, 0.2) is 30.4 Å². The molecular formula is C15H21FO2. The summed E-state index contributed by atoms with van der Waals surface area (Å²) in [6.07, 6.45) is 7.15. The fraction of sp³-hybridized carbons (Fsp3) is 0.467. The first-order valence-electron chi connectivity index (χ1n) is 6.45. The van der Waals surface area contributed by atoms with Crippen molar-refractivity contribution in [3.63, 3.8) is 0 Å². The lowest BCUT2D eigenvalue weighted by Gasteiger charge is -2.10. The van der Waals surface area contributed by atoms with E-state index in [9.17, 15) is 4.39 Å². The summed E-state index contributed by atoms with van der Waals surface area (Å²) in [5.41, 5.74) is 0.883. The number of hydrogen-bond donors (Lipinski definition) is 1. The molecule has 0 fully saturated rings.